The Morgan fingerprint density at radius 2 is 2.14 bits per heavy atom. The smallest absolute Gasteiger partial charge is 0.244 e. The Morgan fingerprint density at radius 1 is 1.38 bits per heavy atom. The van der Waals surface area contributed by atoms with E-state index in [1.54, 1.807) is 25.4 Å². The maximum atomic E-state index is 12.3. The van der Waals surface area contributed by atoms with Gasteiger partial charge >= 0.3 is 0 Å². The average Bonchev–Trinajstić information content (AvgIpc) is 3.03. The average molecular weight is 312 g/mol. The first kappa shape index (κ1) is 15.7. The Kier molecular flexibility index (Phi) is 4.81. The summed E-state index contributed by atoms with van der Waals surface area (Å²) >= 11 is 0. The van der Waals surface area contributed by atoms with E-state index in [9.17, 15) is 8.42 Å². The molecule has 0 aliphatic carbocycles. The second kappa shape index (κ2) is 6.42. The summed E-state index contributed by atoms with van der Waals surface area (Å²) in [6, 6.07) is 1.86. The van der Waals surface area contributed by atoms with Crippen LogP contribution in [0.4, 0.5) is 0 Å². The molecule has 0 fully saturated rings. The lowest BCUT2D eigenvalue weighted by Gasteiger charge is -2.04. The molecule has 0 saturated carbocycles. The summed E-state index contributed by atoms with van der Waals surface area (Å²) < 4.78 is 32.6. The van der Waals surface area contributed by atoms with Crippen LogP contribution >= 0.6 is 0 Å². The number of rotatable bonds is 7. The van der Waals surface area contributed by atoms with Crippen molar-refractivity contribution in [3.05, 3.63) is 35.5 Å². The maximum Gasteiger partial charge on any atom is 0.244 e. The molecule has 2 heterocycles. The zero-order chi connectivity index (χ0) is 15.5. The van der Waals surface area contributed by atoms with E-state index >= 15 is 0 Å². The molecular weight excluding hydrogens is 292 g/mol. The Morgan fingerprint density at radius 3 is 2.76 bits per heavy atom. The predicted molar refractivity (Wildman–Crippen MR) is 78.0 cm³/mol. The van der Waals surface area contributed by atoms with Gasteiger partial charge in [0, 0.05) is 30.4 Å². The van der Waals surface area contributed by atoms with E-state index in [0.29, 0.717) is 24.1 Å². The summed E-state index contributed by atoms with van der Waals surface area (Å²) in [5.74, 6) is 0.986. The maximum absolute atomic E-state index is 12.3. The van der Waals surface area contributed by atoms with Gasteiger partial charge in [-0.15, -0.1) is 0 Å². The number of aromatic nitrogens is 2. The van der Waals surface area contributed by atoms with Gasteiger partial charge in [-0.1, -0.05) is 13.8 Å². The van der Waals surface area contributed by atoms with Gasteiger partial charge in [0.05, 0.1) is 12.7 Å². The molecule has 0 atom stereocenters. The SMILES string of the molecule is Cc1oc(CNC(C)C)cc1S(=O)(=O)NCc1cn[nH]c1. The van der Waals surface area contributed by atoms with Gasteiger partial charge in [0.15, 0.2) is 0 Å². The van der Waals surface area contributed by atoms with Crippen molar-refractivity contribution in [2.45, 2.75) is 44.8 Å². The van der Waals surface area contributed by atoms with Crippen molar-refractivity contribution in [3.8, 4) is 0 Å². The van der Waals surface area contributed by atoms with Crippen molar-refractivity contribution in [1.29, 1.82) is 0 Å². The molecule has 2 aromatic heterocycles. The summed E-state index contributed by atoms with van der Waals surface area (Å²) in [5, 5.41) is 9.60. The van der Waals surface area contributed by atoms with E-state index < -0.39 is 10.0 Å². The molecule has 2 aromatic rings. The first-order chi connectivity index (χ1) is 9.88. The first-order valence-corrected chi connectivity index (χ1v) is 8.17. The lowest BCUT2D eigenvalue weighted by molar-refractivity contribution is 0.444. The molecule has 0 saturated heterocycles. The highest BCUT2D eigenvalue weighted by Gasteiger charge is 2.21. The van der Waals surface area contributed by atoms with Crippen LogP contribution in [-0.4, -0.2) is 24.7 Å². The highest BCUT2D eigenvalue weighted by atomic mass is 32.2. The number of furan rings is 1. The minimum atomic E-state index is -3.60. The van der Waals surface area contributed by atoms with Gasteiger partial charge in [0.1, 0.15) is 16.4 Å². The van der Waals surface area contributed by atoms with Crippen LogP contribution in [0.2, 0.25) is 0 Å². The molecule has 0 amide bonds. The van der Waals surface area contributed by atoms with Gasteiger partial charge in [0.25, 0.3) is 0 Å². The highest BCUT2D eigenvalue weighted by molar-refractivity contribution is 7.89. The van der Waals surface area contributed by atoms with Gasteiger partial charge in [-0.25, -0.2) is 13.1 Å². The topological polar surface area (TPSA) is 100 Å². The van der Waals surface area contributed by atoms with Gasteiger partial charge in [0.2, 0.25) is 10.0 Å². The molecule has 3 N–H and O–H groups in total. The van der Waals surface area contributed by atoms with E-state index in [2.05, 4.69) is 20.2 Å². The van der Waals surface area contributed by atoms with E-state index in [1.807, 2.05) is 13.8 Å². The second-order valence-corrected chi connectivity index (χ2v) is 6.84. The molecule has 0 spiro atoms. The van der Waals surface area contributed by atoms with Gasteiger partial charge in [-0.05, 0) is 6.92 Å². The number of hydrogen-bond acceptors (Lipinski definition) is 5. The molecule has 0 unspecified atom stereocenters. The summed E-state index contributed by atoms with van der Waals surface area (Å²) in [5.41, 5.74) is 0.765. The lowest BCUT2D eigenvalue weighted by Crippen LogP contribution is -2.23. The number of H-pyrrole nitrogens is 1. The second-order valence-electron chi connectivity index (χ2n) is 5.10. The lowest BCUT2D eigenvalue weighted by atomic mass is 10.3. The minimum absolute atomic E-state index is 0.173. The highest BCUT2D eigenvalue weighted by Crippen LogP contribution is 2.20. The summed E-state index contributed by atoms with van der Waals surface area (Å²) in [6.07, 6.45) is 3.21. The van der Waals surface area contributed by atoms with Crippen molar-refractivity contribution in [2.75, 3.05) is 0 Å². The molecule has 21 heavy (non-hydrogen) atoms. The molecule has 0 aliphatic rings. The molecule has 8 heteroatoms. The number of aryl methyl sites for hydroxylation is 1. The third kappa shape index (κ3) is 4.16. The largest absolute Gasteiger partial charge is 0.464 e. The van der Waals surface area contributed by atoms with E-state index in [1.165, 1.54) is 0 Å². The van der Waals surface area contributed by atoms with Crippen molar-refractivity contribution >= 4 is 10.0 Å². The number of nitrogens with zero attached hydrogens (tertiary/aromatic N) is 1. The van der Waals surface area contributed by atoms with Gasteiger partial charge < -0.3 is 9.73 Å². The van der Waals surface area contributed by atoms with Crippen LogP contribution in [0.1, 0.15) is 30.9 Å². The van der Waals surface area contributed by atoms with Crippen LogP contribution in [0.25, 0.3) is 0 Å². The van der Waals surface area contributed by atoms with Crippen molar-refractivity contribution in [3.63, 3.8) is 0 Å². The van der Waals surface area contributed by atoms with E-state index in [-0.39, 0.29) is 11.4 Å². The van der Waals surface area contributed by atoms with Crippen molar-refractivity contribution < 1.29 is 12.8 Å². The summed E-state index contributed by atoms with van der Waals surface area (Å²) in [7, 11) is -3.60. The Bertz CT molecular complexity index is 674. The molecule has 0 aromatic carbocycles. The minimum Gasteiger partial charge on any atom is -0.464 e. The monoisotopic (exact) mass is 312 g/mol. The fraction of sp³-hybridized carbons (Fsp3) is 0.462. The molecule has 0 radical (unpaired) electrons. The normalized spacial score (nSPS) is 12.2. The molecule has 2 rings (SSSR count). The molecule has 116 valence electrons. The Balaban J connectivity index is 2.08. The molecule has 0 aliphatic heterocycles. The number of aromatic amines is 1. The van der Waals surface area contributed by atoms with Crippen LogP contribution in [0, 0.1) is 6.92 Å². The molecule has 7 nitrogen and oxygen atoms in total. The number of hydrogen-bond donors (Lipinski definition) is 3. The number of sulfonamides is 1. The van der Waals surface area contributed by atoms with Gasteiger partial charge in [-0.2, -0.15) is 5.10 Å². The van der Waals surface area contributed by atoms with Crippen LogP contribution in [0.5, 0.6) is 0 Å². The summed E-state index contributed by atoms with van der Waals surface area (Å²) in [4.78, 5) is 0.173. The number of nitrogens with one attached hydrogen (secondary N) is 3. The Hall–Kier alpha value is -1.64. The summed E-state index contributed by atoms with van der Waals surface area (Å²) in [6.45, 7) is 6.35. The van der Waals surface area contributed by atoms with E-state index in [0.717, 1.165) is 5.56 Å². The third-order valence-electron chi connectivity index (χ3n) is 2.92. The fourth-order valence-corrected chi connectivity index (χ4v) is 3.03. The van der Waals surface area contributed by atoms with Crippen LogP contribution in [-0.2, 0) is 23.1 Å². The zero-order valence-corrected chi connectivity index (χ0v) is 13.1. The van der Waals surface area contributed by atoms with Crippen LogP contribution in [0.3, 0.4) is 0 Å². The Labute approximate surface area is 124 Å². The fourth-order valence-electron chi connectivity index (χ4n) is 1.81. The van der Waals surface area contributed by atoms with Crippen molar-refractivity contribution in [2.24, 2.45) is 0 Å². The standard InChI is InChI=1S/C13H20N4O3S/c1-9(2)14-8-12-4-13(10(3)20-12)21(18,19)17-7-11-5-15-16-6-11/h4-6,9,14,17H,7-8H2,1-3H3,(H,15,16). The molecule has 0 bridgehead atoms. The van der Waals surface area contributed by atoms with Crippen LogP contribution < -0.4 is 10.0 Å². The van der Waals surface area contributed by atoms with Crippen LogP contribution in [0.15, 0.2) is 27.8 Å². The zero-order valence-electron chi connectivity index (χ0n) is 12.3. The van der Waals surface area contributed by atoms with Crippen molar-refractivity contribution in [1.82, 2.24) is 20.2 Å². The third-order valence-corrected chi connectivity index (χ3v) is 4.43. The quantitative estimate of drug-likeness (QED) is 0.715. The molecular formula is C13H20N4O3S. The van der Waals surface area contributed by atoms with E-state index in [4.69, 9.17) is 4.42 Å². The first-order valence-electron chi connectivity index (χ1n) is 6.68. The van der Waals surface area contributed by atoms with Gasteiger partial charge in [-0.3, -0.25) is 5.10 Å². The predicted octanol–water partition coefficient (Wildman–Crippen LogP) is 1.29.